The summed E-state index contributed by atoms with van der Waals surface area (Å²) in [6, 6.07) is 8.79. The number of fused-ring (bicyclic) bond motifs is 1. The molecule has 6 nitrogen and oxygen atoms in total. The van der Waals surface area contributed by atoms with E-state index in [0.29, 0.717) is 29.7 Å². The third-order valence-corrected chi connectivity index (χ3v) is 7.17. The number of nitrogens with zero attached hydrogens (tertiary/aromatic N) is 1. The molecule has 2 saturated carbocycles. The van der Waals surface area contributed by atoms with Gasteiger partial charge in [-0.3, -0.25) is 9.78 Å². The highest BCUT2D eigenvalue weighted by Gasteiger charge is 2.55. The van der Waals surface area contributed by atoms with Crippen molar-refractivity contribution >= 4 is 26.8 Å². The van der Waals surface area contributed by atoms with Gasteiger partial charge in [-0.15, -0.1) is 0 Å². The van der Waals surface area contributed by atoms with E-state index in [2.05, 4.69) is 20.8 Å². The van der Waals surface area contributed by atoms with Crippen LogP contribution >= 0.6 is 0 Å². The van der Waals surface area contributed by atoms with Gasteiger partial charge in [0.25, 0.3) is 10.0 Å². The van der Waals surface area contributed by atoms with Crippen LogP contribution in [-0.4, -0.2) is 24.3 Å². The molecule has 5 rings (SSSR count). The van der Waals surface area contributed by atoms with Crippen LogP contribution in [-0.2, 0) is 20.2 Å². The van der Waals surface area contributed by atoms with Gasteiger partial charge in [-0.05, 0) is 67.9 Å². The molecule has 0 atom stereocenters. The molecule has 1 aromatic carbocycles. The van der Waals surface area contributed by atoms with E-state index in [1.54, 1.807) is 30.6 Å². The zero-order valence-corrected chi connectivity index (χ0v) is 16.3. The highest BCUT2D eigenvalue weighted by Crippen LogP contribution is 2.53. The number of amides is 1. The van der Waals surface area contributed by atoms with Crippen molar-refractivity contribution < 1.29 is 13.2 Å². The Hall–Kier alpha value is -2.67. The van der Waals surface area contributed by atoms with E-state index in [4.69, 9.17) is 0 Å². The van der Waals surface area contributed by atoms with Crippen LogP contribution in [0.1, 0.15) is 48.4 Å². The molecule has 1 amide bonds. The van der Waals surface area contributed by atoms with Crippen molar-refractivity contribution in [3.05, 3.63) is 59.5 Å². The number of hydrogen-bond acceptors (Lipinski definition) is 4. The Labute approximate surface area is 163 Å². The fourth-order valence-corrected chi connectivity index (χ4v) is 5.23. The Morgan fingerprint density at radius 1 is 1.25 bits per heavy atom. The smallest absolute Gasteiger partial charge is 0.264 e. The average molecular weight is 395 g/mol. The number of aromatic nitrogens is 2. The molecule has 2 fully saturated rings. The van der Waals surface area contributed by atoms with Crippen molar-refractivity contribution in [1.29, 1.82) is 0 Å². The first-order chi connectivity index (χ1) is 13.4. The molecule has 0 spiro atoms. The lowest BCUT2D eigenvalue weighted by Crippen LogP contribution is -2.39. The van der Waals surface area contributed by atoms with Gasteiger partial charge in [0.15, 0.2) is 0 Å². The summed E-state index contributed by atoms with van der Waals surface area (Å²) >= 11 is 0. The molecule has 0 bridgehead atoms. The Kier molecular flexibility index (Phi) is 3.68. The van der Waals surface area contributed by atoms with Crippen molar-refractivity contribution in [2.24, 2.45) is 0 Å². The second-order valence-electron chi connectivity index (χ2n) is 7.94. The molecule has 2 N–H and O–H groups in total. The number of carbonyl (C=O) groups is 1. The fourth-order valence-electron chi connectivity index (χ4n) is 3.96. The van der Waals surface area contributed by atoms with E-state index in [0.717, 1.165) is 29.7 Å². The maximum atomic E-state index is 13.1. The first kappa shape index (κ1) is 17.4. The van der Waals surface area contributed by atoms with Crippen molar-refractivity contribution in [2.45, 2.75) is 48.8 Å². The number of benzene rings is 1. The minimum atomic E-state index is -3.98. The van der Waals surface area contributed by atoms with Gasteiger partial charge in [-0.25, -0.2) is 13.1 Å². The first-order valence-corrected chi connectivity index (χ1v) is 11.0. The van der Waals surface area contributed by atoms with Crippen LogP contribution in [0.3, 0.4) is 0 Å². The van der Waals surface area contributed by atoms with E-state index >= 15 is 0 Å². The highest BCUT2D eigenvalue weighted by molar-refractivity contribution is 7.90. The van der Waals surface area contributed by atoms with Gasteiger partial charge < -0.3 is 4.98 Å². The summed E-state index contributed by atoms with van der Waals surface area (Å²) in [5.74, 6) is -0.0313. The number of rotatable bonds is 5. The van der Waals surface area contributed by atoms with Gasteiger partial charge in [0.1, 0.15) is 0 Å². The van der Waals surface area contributed by atoms with Crippen molar-refractivity contribution in [3.8, 4) is 0 Å². The van der Waals surface area contributed by atoms with E-state index < -0.39 is 21.3 Å². The zero-order chi connectivity index (χ0) is 19.5. The lowest BCUT2D eigenvalue weighted by molar-refractivity contribution is -0.121. The average Bonchev–Trinajstić information content (AvgIpc) is 3.58. The van der Waals surface area contributed by atoms with Gasteiger partial charge in [0.2, 0.25) is 5.91 Å². The first-order valence-electron chi connectivity index (χ1n) is 9.51. The lowest BCUT2D eigenvalue weighted by atomic mass is 9.93. The number of aromatic amines is 1. The third kappa shape index (κ3) is 2.73. The second-order valence-corrected chi connectivity index (χ2v) is 9.59. The summed E-state index contributed by atoms with van der Waals surface area (Å²) < 4.78 is 28.3. The van der Waals surface area contributed by atoms with Crippen LogP contribution in [0.5, 0.6) is 0 Å². The minimum Gasteiger partial charge on any atom is -0.361 e. The standard InChI is InChI=1S/C21H21N3O3S/c1-13-11-16(14-5-6-14)19(23-12-13)21(8-9-21)20(25)24-28(26,27)18-4-2-3-17-15(18)7-10-22-17/h2-4,7,10-12,14,22H,5-6,8-9H2,1H3,(H,24,25). The fraction of sp³-hybridized carbons (Fsp3) is 0.333. The van der Waals surface area contributed by atoms with Gasteiger partial charge in [0, 0.05) is 23.3 Å². The number of hydrogen-bond donors (Lipinski definition) is 2. The summed E-state index contributed by atoms with van der Waals surface area (Å²) in [7, 11) is -3.98. The Bertz CT molecular complexity index is 1200. The minimum absolute atomic E-state index is 0.106. The maximum absolute atomic E-state index is 13.1. The SMILES string of the molecule is Cc1cnc(C2(C(=O)NS(=O)(=O)c3cccc4[nH]ccc34)CC2)c(C2CC2)c1. The van der Waals surface area contributed by atoms with E-state index in [1.165, 1.54) is 6.07 Å². The van der Waals surface area contributed by atoms with Gasteiger partial charge in [-0.2, -0.15) is 0 Å². The largest absolute Gasteiger partial charge is 0.361 e. The van der Waals surface area contributed by atoms with Gasteiger partial charge in [0.05, 0.1) is 16.0 Å². The van der Waals surface area contributed by atoms with E-state index in [-0.39, 0.29) is 4.90 Å². The molecule has 2 aliphatic carbocycles. The molecule has 2 aromatic heterocycles. The van der Waals surface area contributed by atoms with Gasteiger partial charge >= 0.3 is 0 Å². The summed E-state index contributed by atoms with van der Waals surface area (Å²) in [6.45, 7) is 1.99. The van der Waals surface area contributed by atoms with Gasteiger partial charge in [-0.1, -0.05) is 12.1 Å². The zero-order valence-electron chi connectivity index (χ0n) is 15.5. The number of carbonyl (C=O) groups excluding carboxylic acids is 1. The molecule has 28 heavy (non-hydrogen) atoms. The summed E-state index contributed by atoms with van der Waals surface area (Å²) in [5, 5.41) is 0.569. The Balaban J connectivity index is 1.50. The monoisotopic (exact) mass is 395 g/mol. The topological polar surface area (TPSA) is 91.9 Å². The number of H-pyrrole nitrogens is 1. The van der Waals surface area contributed by atoms with Crippen molar-refractivity contribution in [2.75, 3.05) is 0 Å². The second kappa shape index (κ2) is 5.91. The Morgan fingerprint density at radius 2 is 2.04 bits per heavy atom. The van der Waals surface area contributed by atoms with Crippen LogP contribution in [0, 0.1) is 6.92 Å². The number of nitrogens with one attached hydrogen (secondary N) is 2. The van der Waals surface area contributed by atoms with Crippen molar-refractivity contribution in [1.82, 2.24) is 14.7 Å². The quantitative estimate of drug-likeness (QED) is 0.693. The molecule has 0 saturated heterocycles. The number of sulfonamides is 1. The van der Waals surface area contributed by atoms with Crippen LogP contribution in [0.15, 0.2) is 47.6 Å². The van der Waals surface area contributed by atoms with E-state index in [1.807, 2.05) is 6.92 Å². The maximum Gasteiger partial charge on any atom is 0.264 e. The van der Waals surface area contributed by atoms with Crippen LogP contribution in [0.4, 0.5) is 0 Å². The molecule has 0 aliphatic heterocycles. The molecule has 2 heterocycles. The van der Waals surface area contributed by atoms with Crippen LogP contribution in [0.2, 0.25) is 0 Å². The lowest BCUT2D eigenvalue weighted by Gasteiger charge is -2.19. The molecule has 7 heteroatoms. The number of pyridine rings is 1. The van der Waals surface area contributed by atoms with Crippen molar-refractivity contribution in [3.63, 3.8) is 0 Å². The molecular formula is C21H21N3O3S. The Morgan fingerprint density at radius 3 is 2.75 bits per heavy atom. The molecule has 3 aromatic rings. The summed E-state index contributed by atoms with van der Waals surface area (Å²) in [4.78, 5) is 20.8. The van der Waals surface area contributed by atoms with Crippen LogP contribution in [0.25, 0.3) is 10.9 Å². The highest BCUT2D eigenvalue weighted by atomic mass is 32.2. The molecule has 144 valence electrons. The summed E-state index contributed by atoms with van der Waals surface area (Å²) in [6.07, 6.45) is 6.90. The third-order valence-electron chi connectivity index (χ3n) is 5.78. The molecule has 2 aliphatic rings. The predicted octanol–water partition coefficient (Wildman–Crippen LogP) is 3.29. The number of aryl methyl sites for hydroxylation is 1. The van der Waals surface area contributed by atoms with E-state index in [9.17, 15) is 13.2 Å². The predicted molar refractivity (Wildman–Crippen MR) is 105 cm³/mol. The van der Waals surface area contributed by atoms with Crippen LogP contribution < -0.4 is 4.72 Å². The summed E-state index contributed by atoms with van der Waals surface area (Å²) in [5.41, 5.74) is 2.82. The normalized spacial score (nSPS) is 18.2. The molecular weight excluding hydrogens is 374 g/mol. The molecule has 0 radical (unpaired) electrons. The molecule has 0 unspecified atom stereocenters.